The predicted octanol–water partition coefficient (Wildman–Crippen LogP) is 3.60. The number of benzene rings is 1. The molecule has 6 nitrogen and oxygen atoms in total. The highest BCUT2D eigenvalue weighted by molar-refractivity contribution is 6.04. The molecule has 3 heterocycles. The second-order valence-electron chi connectivity index (χ2n) is 8.07. The van der Waals surface area contributed by atoms with E-state index in [1.165, 1.54) is 6.42 Å². The minimum Gasteiger partial charge on any atom is -0.366 e. The topological polar surface area (TPSA) is 80.7 Å². The van der Waals surface area contributed by atoms with Gasteiger partial charge in [-0.3, -0.25) is 9.59 Å². The third-order valence-corrected chi connectivity index (χ3v) is 5.99. The molecule has 1 aliphatic carbocycles. The van der Waals surface area contributed by atoms with Crippen molar-refractivity contribution in [3.63, 3.8) is 0 Å². The SMILES string of the molecule is NC(=O)c1ccn2nc(C3CC3)cc2c1-c1ccc(C(=O)N2CCCCC2)cc1. The number of pyridine rings is 1. The zero-order chi connectivity index (χ0) is 20.0. The Balaban J connectivity index is 1.54. The Hall–Kier alpha value is -3.15. The third-order valence-electron chi connectivity index (χ3n) is 5.99. The van der Waals surface area contributed by atoms with Crippen LogP contribution in [-0.4, -0.2) is 39.4 Å². The molecule has 2 aromatic heterocycles. The molecule has 0 bridgehead atoms. The van der Waals surface area contributed by atoms with Gasteiger partial charge in [0.05, 0.1) is 16.8 Å². The molecule has 2 N–H and O–H groups in total. The molecule has 3 aromatic rings. The van der Waals surface area contributed by atoms with E-state index in [0.717, 1.165) is 61.1 Å². The summed E-state index contributed by atoms with van der Waals surface area (Å²) in [5.74, 6) is 0.124. The Kier molecular flexibility index (Phi) is 4.34. The van der Waals surface area contributed by atoms with Crippen molar-refractivity contribution in [1.82, 2.24) is 14.5 Å². The third kappa shape index (κ3) is 3.28. The van der Waals surface area contributed by atoms with Crippen LogP contribution in [0.15, 0.2) is 42.6 Å². The number of nitrogens with zero attached hydrogens (tertiary/aromatic N) is 3. The highest BCUT2D eigenvalue weighted by atomic mass is 16.2. The molecule has 0 atom stereocenters. The van der Waals surface area contributed by atoms with E-state index in [0.29, 0.717) is 17.0 Å². The number of amides is 2. The lowest BCUT2D eigenvalue weighted by molar-refractivity contribution is 0.0724. The highest BCUT2D eigenvalue weighted by Gasteiger charge is 2.27. The second-order valence-corrected chi connectivity index (χ2v) is 8.07. The molecule has 1 saturated heterocycles. The Labute approximate surface area is 169 Å². The van der Waals surface area contributed by atoms with Gasteiger partial charge in [0.25, 0.3) is 5.91 Å². The smallest absolute Gasteiger partial charge is 0.253 e. The van der Waals surface area contributed by atoms with Crippen molar-refractivity contribution in [3.05, 3.63) is 59.4 Å². The molecule has 29 heavy (non-hydrogen) atoms. The monoisotopic (exact) mass is 388 g/mol. The van der Waals surface area contributed by atoms with Crippen LogP contribution in [0.1, 0.15) is 64.4 Å². The van der Waals surface area contributed by atoms with Gasteiger partial charge in [-0.25, -0.2) is 4.52 Å². The van der Waals surface area contributed by atoms with Crippen LogP contribution in [0.25, 0.3) is 16.6 Å². The van der Waals surface area contributed by atoms with Crippen LogP contribution in [0, 0.1) is 0 Å². The summed E-state index contributed by atoms with van der Waals surface area (Å²) in [5, 5.41) is 4.67. The van der Waals surface area contributed by atoms with Gasteiger partial charge in [-0.15, -0.1) is 0 Å². The number of fused-ring (bicyclic) bond motifs is 1. The van der Waals surface area contributed by atoms with Crippen LogP contribution in [0.2, 0.25) is 0 Å². The number of hydrogen-bond acceptors (Lipinski definition) is 3. The molecular weight excluding hydrogens is 364 g/mol. The molecule has 1 aromatic carbocycles. The van der Waals surface area contributed by atoms with Gasteiger partial charge >= 0.3 is 0 Å². The minimum atomic E-state index is -0.467. The van der Waals surface area contributed by atoms with Crippen molar-refractivity contribution in [2.45, 2.75) is 38.0 Å². The molecule has 2 aliphatic rings. The molecule has 148 valence electrons. The zero-order valence-corrected chi connectivity index (χ0v) is 16.3. The first-order valence-corrected chi connectivity index (χ1v) is 10.3. The summed E-state index contributed by atoms with van der Waals surface area (Å²) < 4.78 is 1.82. The Bertz CT molecular complexity index is 1090. The standard InChI is InChI=1S/C23H24N4O2/c24-22(28)18-10-13-27-20(14-19(25-27)15-4-5-15)21(18)16-6-8-17(9-7-16)23(29)26-11-2-1-3-12-26/h6-10,13-15H,1-5,11-12H2,(H2,24,28). The Morgan fingerprint density at radius 3 is 2.38 bits per heavy atom. The normalized spacial score (nSPS) is 16.9. The number of carbonyl (C=O) groups is 2. The predicted molar refractivity (Wildman–Crippen MR) is 111 cm³/mol. The van der Waals surface area contributed by atoms with Gasteiger partial charge in [-0.2, -0.15) is 5.10 Å². The maximum Gasteiger partial charge on any atom is 0.253 e. The molecule has 2 amide bonds. The lowest BCUT2D eigenvalue weighted by atomic mass is 9.97. The number of nitrogens with two attached hydrogens (primary N) is 1. The minimum absolute atomic E-state index is 0.0740. The van der Waals surface area contributed by atoms with Crippen LogP contribution in [0.5, 0.6) is 0 Å². The lowest BCUT2D eigenvalue weighted by Crippen LogP contribution is -2.35. The summed E-state index contributed by atoms with van der Waals surface area (Å²) in [4.78, 5) is 26.8. The van der Waals surface area contributed by atoms with Crippen molar-refractivity contribution in [1.29, 1.82) is 0 Å². The molecule has 0 radical (unpaired) electrons. The summed E-state index contributed by atoms with van der Waals surface area (Å²) in [6, 6.07) is 11.3. The van der Waals surface area contributed by atoms with E-state index in [9.17, 15) is 9.59 Å². The first-order valence-electron chi connectivity index (χ1n) is 10.3. The number of aromatic nitrogens is 2. The first kappa shape index (κ1) is 17.9. The number of rotatable bonds is 4. The fraction of sp³-hybridized carbons (Fsp3) is 0.348. The molecule has 5 rings (SSSR count). The van der Waals surface area contributed by atoms with E-state index < -0.39 is 5.91 Å². The molecule has 1 aliphatic heterocycles. The largest absolute Gasteiger partial charge is 0.366 e. The van der Waals surface area contributed by atoms with Gasteiger partial charge in [0.15, 0.2) is 0 Å². The number of hydrogen-bond donors (Lipinski definition) is 1. The van der Waals surface area contributed by atoms with E-state index in [4.69, 9.17) is 5.73 Å². The van der Waals surface area contributed by atoms with Gasteiger partial charge in [-0.1, -0.05) is 12.1 Å². The molecule has 0 unspecified atom stereocenters. The zero-order valence-electron chi connectivity index (χ0n) is 16.3. The van der Waals surface area contributed by atoms with E-state index in [-0.39, 0.29) is 5.91 Å². The van der Waals surface area contributed by atoms with Gasteiger partial charge in [0.2, 0.25) is 5.91 Å². The molecule has 1 saturated carbocycles. The van der Waals surface area contributed by atoms with E-state index in [1.54, 1.807) is 12.3 Å². The summed E-state index contributed by atoms with van der Waals surface area (Å²) in [6.45, 7) is 1.65. The van der Waals surface area contributed by atoms with Crippen molar-refractivity contribution in [2.24, 2.45) is 5.73 Å². The Morgan fingerprint density at radius 1 is 1.00 bits per heavy atom. The molecule has 0 spiro atoms. The van der Waals surface area contributed by atoms with Crippen molar-refractivity contribution in [3.8, 4) is 11.1 Å². The summed E-state index contributed by atoms with van der Waals surface area (Å²) in [5.41, 5.74) is 10.4. The van der Waals surface area contributed by atoms with Gasteiger partial charge in [-0.05, 0) is 61.9 Å². The molecule has 2 fully saturated rings. The Morgan fingerprint density at radius 2 is 1.72 bits per heavy atom. The quantitative estimate of drug-likeness (QED) is 0.741. The van der Waals surface area contributed by atoms with E-state index >= 15 is 0 Å². The van der Waals surface area contributed by atoms with Crippen LogP contribution in [-0.2, 0) is 0 Å². The number of carbonyl (C=O) groups excluding carboxylic acids is 2. The fourth-order valence-corrected chi connectivity index (χ4v) is 4.23. The van der Waals surface area contributed by atoms with Crippen molar-refractivity contribution >= 4 is 17.3 Å². The molecule has 6 heteroatoms. The maximum absolute atomic E-state index is 12.8. The lowest BCUT2D eigenvalue weighted by Gasteiger charge is -2.26. The fourth-order valence-electron chi connectivity index (χ4n) is 4.23. The molecular formula is C23H24N4O2. The van der Waals surface area contributed by atoms with Crippen LogP contribution >= 0.6 is 0 Å². The van der Waals surface area contributed by atoms with Crippen LogP contribution in [0.4, 0.5) is 0 Å². The maximum atomic E-state index is 12.8. The summed E-state index contributed by atoms with van der Waals surface area (Å²) in [7, 11) is 0. The van der Waals surface area contributed by atoms with E-state index in [1.807, 2.05) is 33.7 Å². The van der Waals surface area contributed by atoms with Gasteiger partial charge < -0.3 is 10.6 Å². The summed E-state index contributed by atoms with van der Waals surface area (Å²) >= 11 is 0. The van der Waals surface area contributed by atoms with Gasteiger partial charge in [0, 0.05) is 36.3 Å². The van der Waals surface area contributed by atoms with Gasteiger partial charge in [0.1, 0.15) is 0 Å². The van der Waals surface area contributed by atoms with Crippen molar-refractivity contribution < 1.29 is 9.59 Å². The van der Waals surface area contributed by atoms with E-state index in [2.05, 4.69) is 11.2 Å². The van der Waals surface area contributed by atoms with Crippen LogP contribution < -0.4 is 5.73 Å². The second kappa shape index (κ2) is 7.03. The summed E-state index contributed by atoms with van der Waals surface area (Å²) in [6.07, 6.45) is 7.44. The first-order chi connectivity index (χ1) is 14.1. The van der Waals surface area contributed by atoms with Crippen molar-refractivity contribution in [2.75, 3.05) is 13.1 Å². The average molecular weight is 388 g/mol. The highest BCUT2D eigenvalue weighted by Crippen LogP contribution is 2.41. The number of likely N-dealkylation sites (tertiary alicyclic amines) is 1. The number of primary amides is 1. The number of piperidine rings is 1. The van der Waals surface area contributed by atoms with Crippen LogP contribution in [0.3, 0.4) is 0 Å². The average Bonchev–Trinajstić information content (AvgIpc) is 3.52.